The Balaban J connectivity index is 1.93. The number of rotatable bonds is 9. The Bertz CT molecular complexity index is 916. The molecule has 2 unspecified atom stereocenters. The summed E-state index contributed by atoms with van der Waals surface area (Å²) in [5, 5.41) is 9.77. The van der Waals surface area contributed by atoms with Gasteiger partial charge in [0, 0.05) is 24.7 Å². The van der Waals surface area contributed by atoms with E-state index >= 15 is 0 Å². The van der Waals surface area contributed by atoms with Gasteiger partial charge in [-0.3, -0.25) is 9.59 Å². The molecule has 3 rings (SSSR count). The zero-order chi connectivity index (χ0) is 22.9. The number of carbonyl (C=O) groups excluding carboxylic acids is 1. The quantitative estimate of drug-likeness (QED) is 0.595. The van der Waals surface area contributed by atoms with Crippen LogP contribution in [0, 0.1) is 11.8 Å². The van der Waals surface area contributed by atoms with E-state index in [0.717, 1.165) is 5.56 Å². The van der Waals surface area contributed by atoms with Crippen LogP contribution < -0.4 is 0 Å². The third kappa shape index (κ3) is 5.07. The van der Waals surface area contributed by atoms with Gasteiger partial charge in [0.15, 0.2) is 0 Å². The molecule has 7 nitrogen and oxygen atoms in total. The van der Waals surface area contributed by atoms with E-state index in [4.69, 9.17) is 11.6 Å². The monoisotopic (exact) mass is 470 g/mol. The van der Waals surface area contributed by atoms with Gasteiger partial charge in [0.2, 0.25) is 15.9 Å². The highest BCUT2D eigenvalue weighted by Crippen LogP contribution is 2.40. The van der Waals surface area contributed by atoms with E-state index < -0.39 is 27.8 Å². The number of piperidine rings is 1. The lowest BCUT2D eigenvalue weighted by Gasteiger charge is -2.45. The minimum absolute atomic E-state index is 0.194. The number of hydrogen-bond acceptors (Lipinski definition) is 4. The number of carbonyl (C=O) groups is 2. The van der Waals surface area contributed by atoms with Crippen LogP contribution in [0.5, 0.6) is 0 Å². The average molecular weight is 471 g/mol. The van der Waals surface area contributed by atoms with E-state index in [1.165, 1.54) is 4.31 Å². The second-order valence-electron chi connectivity index (χ2n) is 8.71. The molecule has 31 heavy (non-hydrogen) atoms. The van der Waals surface area contributed by atoms with E-state index in [1.807, 2.05) is 19.1 Å². The molecule has 0 bridgehead atoms. The van der Waals surface area contributed by atoms with Crippen molar-refractivity contribution in [2.24, 2.45) is 11.8 Å². The Hall–Kier alpha value is -1.64. The summed E-state index contributed by atoms with van der Waals surface area (Å²) in [6.07, 6.45) is 3.01. The van der Waals surface area contributed by atoms with Crippen molar-refractivity contribution in [3.8, 4) is 0 Å². The van der Waals surface area contributed by atoms with Gasteiger partial charge in [-0.05, 0) is 49.8 Å². The van der Waals surface area contributed by atoms with Gasteiger partial charge >= 0.3 is 5.97 Å². The minimum Gasteiger partial charge on any atom is -0.481 e. The Morgan fingerprint density at radius 2 is 1.84 bits per heavy atom. The van der Waals surface area contributed by atoms with Gasteiger partial charge in [-0.1, -0.05) is 37.6 Å². The van der Waals surface area contributed by atoms with Crippen molar-refractivity contribution in [2.45, 2.75) is 63.3 Å². The fourth-order valence-electron chi connectivity index (χ4n) is 4.46. The van der Waals surface area contributed by atoms with Crippen molar-refractivity contribution in [3.63, 3.8) is 0 Å². The lowest BCUT2D eigenvalue weighted by molar-refractivity contribution is -0.156. The number of hydrogen-bond donors (Lipinski definition) is 1. The van der Waals surface area contributed by atoms with E-state index in [1.54, 1.807) is 31.0 Å². The van der Waals surface area contributed by atoms with Crippen molar-refractivity contribution in [1.82, 2.24) is 9.21 Å². The van der Waals surface area contributed by atoms with E-state index in [2.05, 4.69) is 0 Å². The molecule has 2 fully saturated rings. The Morgan fingerprint density at radius 1 is 1.23 bits per heavy atom. The molecule has 0 spiro atoms. The second kappa shape index (κ2) is 9.46. The SMILES string of the molecule is CC[C@@H](CN(C)S(=O)(=O)C1CC1)N1C(=O)[C@H](C(C)C(=O)O)CCC1c1ccc(Cl)cc1. The molecule has 0 radical (unpaired) electrons. The van der Waals surface area contributed by atoms with Crippen molar-refractivity contribution >= 4 is 33.5 Å². The number of carboxylic acids is 1. The van der Waals surface area contributed by atoms with Crippen LogP contribution in [0.2, 0.25) is 5.02 Å². The van der Waals surface area contributed by atoms with Crippen molar-refractivity contribution in [2.75, 3.05) is 13.6 Å². The summed E-state index contributed by atoms with van der Waals surface area (Å²) >= 11 is 6.04. The molecule has 1 heterocycles. The first-order valence-corrected chi connectivity index (χ1v) is 12.7. The van der Waals surface area contributed by atoms with Crippen LogP contribution in [0.1, 0.15) is 57.6 Å². The number of halogens is 1. The third-order valence-corrected chi connectivity index (χ3v) is 9.20. The van der Waals surface area contributed by atoms with Gasteiger partial charge in [0.05, 0.1) is 23.1 Å². The van der Waals surface area contributed by atoms with Crippen molar-refractivity contribution < 1.29 is 23.1 Å². The third-order valence-electron chi connectivity index (χ3n) is 6.62. The predicted molar refractivity (Wildman–Crippen MR) is 119 cm³/mol. The van der Waals surface area contributed by atoms with Gasteiger partial charge in [-0.25, -0.2) is 12.7 Å². The van der Waals surface area contributed by atoms with Crippen molar-refractivity contribution in [1.29, 1.82) is 0 Å². The molecule has 1 aliphatic carbocycles. The van der Waals surface area contributed by atoms with E-state index in [-0.39, 0.29) is 29.8 Å². The predicted octanol–water partition coefficient (Wildman–Crippen LogP) is 3.54. The molecule has 1 saturated carbocycles. The summed E-state index contributed by atoms with van der Waals surface area (Å²) in [5.41, 5.74) is 0.922. The number of sulfonamides is 1. The lowest BCUT2D eigenvalue weighted by atomic mass is 9.80. The van der Waals surface area contributed by atoms with E-state index in [9.17, 15) is 23.1 Å². The number of aliphatic carboxylic acids is 1. The molecule has 1 amide bonds. The molecular formula is C22H31ClN2O5S. The molecule has 1 aliphatic heterocycles. The molecule has 9 heteroatoms. The first-order chi connectivity index (χ1) is 14.6. The van der Waals surface area contributed by atoms with Crippen LogP contribution in [0.15, 0.2) is 24.3 Å². The zero-order valence-electron chi connectivity index (χ0n) is 18.2. The molecule has 172 valence electrons. The molecule has 1 aromatic rings. The summed E-state index contributed by atoms with van der Waals surface area (Å²) in [4.78, 5) is 26.9. The van der Waals surface area contributed by atoms with Gasteiger partial charge in [0.1, 0.15) is 0 Å². The maximum absolute atomic E-state index is 13.6. The van der Waals surface area contributed by atoms with E-state index in [0.29, 0.717) is 37.1 Å². The van der Waals surface area contributed by atoms with Crippen LogP contribution in [0.3, 0.4) is 0 Å². The zero-order valence-corrected chi connectivity index (χ0v) is 19.8. The summed E-state index contributed by atoms with van der Waals surface area (Å²) in [7, 11) is -1.81. The molecular weight excluding hydrogens is 440 g/mol. The highest BCUT2D eigenvalue weighted by atomic mass is 35.5. The fraction of sp³-hybridized carbons (Fsp3) is 0.636. The molecule has 1 N–H and O–H groups in total. The first kappa shape index (κ1) is 24.0. The van der Waals surface area contributed by atoms with Crippen molar-refractivity contribution in [3.05, 3.63) is 34.9 Å². The van der Waals surface area contributed by atoms with Crippen LogP contribution >= 0.6 is 11.6 Å². The largest absolute Gasteiger partial charge is 0.481 e. The highest BCUT2D eigenvalue weighted by Gasteiger charge is 2.45. The van der Waals surface area contributed by atoms with Crippen LogP contribution in [0.4, 0.5) is 0 Å². The maximum atomic E-state index is 13.6. The average Bonchev–Trinajstić information content (AvgIpc) is 3.58. The molecule has 1 saturated heterocycles. The van der Waals surface area contributed by atoms with Crippen LogP contribution in [-0.2, 0) is 19.6 Å². The molecule has 1 aromatic carbocycles. The highest BCUT2D eigenvalue weighted by molar-refractivity contribution is 7.90. The number of carboxylic acid groups (broad SMARTS) is 1. The number of likely N-dealkylation sites (tertiary alicyclic amines) is 1. The Kier molecular flexibility index (Phi) is 7.33. The normalized spacial score (nSPS) is 24.3. The van der Waals surface area contributed by atoms with Gasteiger partial charge < -0.3 is 10.0 Å². The summed E-state index contributed by atoms with van der Waals surface area (Å²) in [6, 6.07) is 6.71. The van der Waals surface area contributed by atoms with Gasteiger partial charge in [-0.15, -0.1) is 0 Å². The summed E-state index contributed by atoms with van der Waals surface area (Å²) < 4.78 is 26.7. The molecule has 0 aromatic heterocycles. The molecule has 4 atom stereocenters. The summed E-state index contributed by atoms with van der Waals surface area (Å²) in [6.45, 7) is 3.69. The number of amides is 1. The first-order valence-electron chi connectivity index (χ1n) is 10.8. The molecule has 2 aliphatic rings. The lowest BCUT2D eigenvalue weighted by Crippen LogP contribution is -2.54. The van der Waals surface area contributed by atoms with Crippen LogP contribution in [-0.4, -0.2) is 59.5 Å². The number of nitrogens with zero attached hydrogens (tertiary/aromatic N) is 2. The second-order valence-corrected chi connectivity index (χ2v) is 11.5. The smallest absolute Gasteiger partial charge is 0.307 e. The standard InChI is InChI=1S/C22H31ClN2O5S/c1-4-17(13-24(3)31(29,30)18-9-10-18)25-20(15-5-7-16(23)8-6-15)12-11-19(21(25)26)14(2)22(27)28/h5-8,14,17-20H,4,9-13H2,1-3H3,(H,27,28)/t14?,17-,19-,20?/m0/s1. The maximum Gasteiger partial charge on any atom is 0.307 e. The Morgan fingerprint density at radius 3 is 2.35 bits per heavy atom. The van der Waals surface area contributed by atoms with Crippen LogP contribution in [0.25, 0.3) is 0 Å². The minimum atomic E-state index is -3.37. The number of benzene rings is 1. The number of likely N-dealkylation sites (N-methyl/N-ethyl adjacent to an activating group) is 1. The van der Waals surface area contributed by atoms with Gasteiger partial charge in [0.25, 0.3) is 0 Å². The summed E-state index contributed by atoms with van der Waals surface area (Å²) in [5.74, 6) is -2.64. The topological polar surface area (TPSA) is 95.0 Å². The Labute approximate surface area is 189 Å². The van der Waals surface area contributed by atoms with Gasteiger partial charge in [-0.2, -0.15) is 0 Å². The fourth-order valence-corrected chi connectivity index (χ4v) is 6.21.